The highest BCUT2D eigenvalue weighted by atomic mass is 32.2. The molecule has 0 atom stereocenters. The van der Waals surface area contributed by atoms with Gasteiger partial charge >= 0.3 is 0 Å². The molecule has 194 valence electrons. The van der Waals surface area contributed by atoms with Crippen molar-refractivity contribution in [2.45, 2.75) is 11.8 Å². The predicted molar refractivity (Wildman–Crippen MR) is 143 cm³/mol. The molecule has 0 aliphatic heterocycles. The van der Waals surface area contributed by atoms with Gasteiger partial charge in [0.2, 0.25) is 0 Å². The molecule has 0 spiro atoms. The highest BCUT2D eigenvalue weighted by Gasteiger charge is 2.29. The molecule has 0 aliphatic rings. The van der Waals surface area contributed by atoms with E-state index in [9.17, 15) is 13.2 Å². The average Bonchev–Trinajstić information content (AvgIpc) is 2.92. The van der Waals surface area contributed by atoms with Crippen LogP contribution in [-0.4, -0.2) is 47.4 Å². The van der Waals surface area contributed by atoms with Crippen molar-refractivity contribution >= 4 is 27.8 Å². The second kappa shape index (κ2) is 13.1. The number of sulfonamides is 1. The van der Waals surface area contributed by atoms with Gasteiger partial charge in [0, 0.05) is 0 Å². The van der Waals surface area contributed by atoms with Crippen LogP contribution in [0.25, 0.3) is 0 Å². The van der Waals surface area contributed by atoms with Gasteiger partial charge in [-0.15, -0.1) is 0 Å². The van der Waals surface area contributed by atoms with Crippen LogP contribution in [0.15, 0.2) is 95.4 Å². The van der Waals surface area contributed by atoms with Gasteiger partial charge in [-0.2, -0.15) is 5.10 Å². The molecule has 0 radical (unpaired) electrons. The zero-order chi connectivity index (χ0) is 26.7. The Balaban J connectivity index is 1.82. The number of hydrogen-bond acceptors (Lipinski definition) is 7. The van der Waals surface area contributed by atoms with Crippen molar-refractivity contribution < 1.29 is 27.4 Å². The van der Waals surface area contributed by atoms with Crippen LogP contribution >= 0.6 is 0 Å². The topological polar surface area (TPSA) is 107 Å². The minimum absolute atomic E-state index is 0.0449. The molecule has 10 heteroatoms. The summed E-state index contributed by atoms with van der Waals surface area (Å²) in [5.74, 6) is 0.731. The maximum atomic E-state index is 13.5. The lowest BCUT2D eigenvalue weighted by Gasteiger charge is -2.25. The molecule has 0 aromatic heterocycles. The molecule has 9 nitrogen and oxygen atoms in total. The first kappa shape index (κ1) is 27.3. The fourth-order valence-electron chi connectivity index (χ4n) is 3.34. The highest BCUT2D eigenvalue weighted by Crippen LogP contribution is 2.32. The fraction of sp³-hybridized carbons (Fsp3) is 0.185. The number of nitrogens with zero attached hydrogens (tertiary/aromatic N) is 2. The number of methoxy groups -OCH3 is 1. The maximum absolute atomic E-state index is 13.5. The van der Waals surface area contributed by atoms with E-state index in [1.165, 1.54) is 25.5 Å². The van der Waals surface area contributed by atoms with Gasteiger partial charge in [0.25, 0.3) is 15.9 Å². The van der Waals surface area contributed by atoms with Crippen LogP contribution < -0.4 is 23.9 Å². The van der Waals surface area contributed by atoms with E-state index < -0.39 is 22.5 Å². The molecular formula is C27H29N3O6S. The Bertz CT molecular complexity index is 1340. The zero-order valence-electron chi connectivity index (χ0n) is 20.7. The number of hydrazone groups is 1. The van der Waals surface area contributed by atoms with Crippen LogP contribution in [0.3, 0.4) is 0 Å². The number of nitrogens with one attached hydrogen (secondary N) is 1. The summed E-state index contributed by atoms with van der Waals surface area (Å²) >= 11 is 0. The second-order valence-electron chi connectivity index (χ2n) is 7.53. The van der Waals surface area contributed by atoms with Gasteiger partial charge in [-0.1, -0.05) is 43.0 Å². The molecule has 0 fully saturated rings. The monoisotopic (exact) mass is 523 g/mol. The third-order valence-corrected chi connectivity index (χ3v) is 6.77. The van der Waals surface area contributed by atoms with E-state index in [-0.39, 0.29) is 10.6 Å². The fourth-order valence-corrected chi connectivity index (χ4v) is 4.79. The van der Waals surface area contributed by atoms with E-state index in [2.05, 4.69) is 17.1 Å². The summed E-state index contributed by atoms with van der Waals surface area (Å²) in [6, 6.07) is 19.7. The van der Waals surface area contributed by atoms with Crippen molar-refractivity contribution in [1.82, 2.24) is 5.43 Å². The molecule has 0 bridgehead atoms. The molecule has 1 amide bonds. The molecule has 0 unspecified atom stereocenters. The van der Waals surface area contributed by atoms with Crippen LogP contribution in [0.4, 0.5) is 5.69 Å². The number of carbonyl (C=O) groups excluding carboxylic acids is 1. The molecule has 0 saturated heterocycles. The SMILES string of the molecule is C=CCOc1ccc(/C=N\NC(=O)CN(c2ccccc2OCC)S(=O)(=O)c2ccccc2)cc1OC. The molecule has 37 heavy (non-hydrogen) atoms. The van der Waals surface area contributed by atoms with E-state index in [0.29, 0.717) is 36.0 Å². The van der Waals surface area contributed by atoms with Crippen molar-refractivity contribution in [2.24, 2.45) is 5.10 Å². The first-order chi connectivity index (χ1) is 17.9. The van der Waals surface area contributed by atoms with Crippen molar-refractivity contribution in [3.63, 3.8) is 0 Å². The smallest absolute Gasteiger partial charge is 0.264 e. The number of amides is 1. The molecule has 0 saturated carbocycles. The first-order valence-corrected chi connectivity index (χ1v) is 12.9. The first-order valence-electron chi connectivity index (χ1n) is 11.4. The summed E-state index contributed by atoms with van der Waals surface area (Å²) in [7, 11) is -2.57. The van der Waals surface area contributed by atoms with Gasteiger partial charge in [-0.05, 0) is 55.0 Å². The van der Waals surface area contributed by atoms with E-state index >= 15 is 0 Å². The van der Waals surface area contributed by atoms with Crippen LogP contribution in [0.2, 0.25) is 0 Å². The summed E-state index contributed by atoms with van der Waals surface area (Å²) in [6.45, 7) is 5.55. The number of rotatable bonds is 13. The lowest BCUT2D eigenvalue weighted by Crippen LogP contribution is -2.39. The Morgan fingerprint density at radius 3 is 2.43 bits per heavy atom. The van der Waals surface area contributed by atoms with Gasteiger partial charge in [0.15, 0.2) is 11.5 Å². The second-order valence-corrected chi connectivity index (χ2v) is 9.39. The quantitative estimate of drug-likeness (QED) is 0.206. The minimum Gasteiger partial charge on any atom is -0.493 e. The lowest BCUT2D eigenvalue weighted by molar-refractivity contribution is -0.119. The van der Waals surface area contributed by atoms with Crippen molar-refractivity contribution in [2.75, 3.05) is 31.2 Å². The summed E-state index contributed by atoms with van der Waals surface area (Å²) in [5.41, 5.74) is 3.27. The third kappa shape index (κ3) is 7.11. The van der Waals surface area contributed by atoms with E-state index in [1.54, 1.807) is 73.7 Å². The summed E-state index contributed by atoms with van der Waals surface area (Å²) in [5, 5.41) is 3.98. The number of hydrogen-bond donors (Lipinski definition) is 1. The number of anilines is 1. The van der Waals surface area contributed by atoms with Crippen molar-refractivity contribution in [1.29, 1.82) is 0 Å². The summed E-state index contributed by atoms with van der Waals surface area (Å²) in [6.07, 6.45) is 3.04. The molecule has 0 aliphatic carbocycles. The van der Waals surface area contributed by atoms with E-state index in [4.69, 9.17) is 14.2 Å². The van der Waals surface area contributed by atoms with Crippen molar-refractivity contribution in [3.8, 4) is 17.2 Å². The summed E-state index contributed by atoms with van der Waals surface area (Å²) < 4.78 is 44.5. The van der Waals surface area contributed by atoms with Crippen LogP contribution in [0.5, 0.6) is 17.2 Å². The number of carbonyl (C=O) groups is 1. The normalized spacial score (nSPS) is 11.1. The Morgan fingerprint density at radius 2 is 1.73 bits per heavy atom. The maximum Gasteiger partial charge on any atom is 0.264 e. The number of benzene rings is 3. The summed E-state index contributed by atoms with van der Waals surface area (Å²) in [4.78, 5) is 12.9. The molecular weight excluding hydrogens is 494 g/mol. The molecule has 0 heterocycles. The van der Waals surface area contributed by atoms with Gasteiger partial charge in [-0.25, -0.2) is 13.8 Å². The Labute approximate surface area is 217 Å². The van der Waals surface area contributed by atoms with E-state index in [1.807, 2.05) is 0 Å². The van der Waals surface area contributed by atoms with Crippen molar-refractivity contribution in [3.05, 3.63) is 91.0 Å². The Kier molecular flexibility index (Phi) is 9.68. The van der Waals surface area contributed by atoms with E-state index in [0.717, 1.165) is 4.31 Å². The Hall–Kier alpha value is -4.31. The zero-order valence-corrected chi connectivity index (χ0v) is 21.5. The largest absolute Gasteiger partial charge is 0.493 e. The van der Waals surface area contributed by atoms with Crippen LogP contribution in [-0.2, 0) is 14.8 Å². The van der Waals surface area contributed by atoms with Gasteiger partial charge < -0.3 is 14.2 Å². The molecule has 3 rings (SSSR count). The van der Waals surface area contributed by atoms with Crippen LogP contribution in [0, 0.1) is 0 Å². The highest BCUT2D eigenvalue weighted by molar-refractivity contribution is 7.92. The lowest BCUT2D eigenvalue weighted by atomic mass is 10.2. The van der Waals surface area contributed by atoms with Gasteiger partial charge in [0.1, 0.15) is 18.9 Å². The minimum atomic E-state index is -4.09. The van der Waals surface area contributed by atoms with Gasteiger partial charge in [0.05, 0.1) is 30.5 Å². The van der Waals surface area contributed by atoms with Gasteiger partial charge in [-0.3, -0.25) is 9.10 Å². The molecule has 1 N–H and O–H groups in total. The Morgan fingerprint density at radius 1 is 1.00 bits per heavy atom. The third-order valence-electron chi connectivity index (χ3n) is 5.00. The molecule has 3 aromatic carbocycles. The molecule has 3 aromatic rings. The predicted octanol–water partition coefficient (Wildman–Crippen LogP) is 4.00. The number of para-hydroxylation sites is 2. The average molecular weight is 524 g/mol. The number of ether oxygens (including phenoxy) is 3. The van der Waals surface area contributed by atoms with Crippen LogP contribution in [0.1, 0.15) is 12.5 Å². The standard InChI is InChI=1S/C27H29N3O6S/c1-4-17-36-25-16-15-21(18-26(25)34-3)19-28-29-27(31)20-30(23-13-9-10-14-24(23)35-5-2)37(32,33)22-11-7-6-8-12-22/h4,6-16,18-19H,1,5,17,20H2,2-3H3,(H,29,31)/b28-19-.